The Morgan fingerprint density at radius 2 is 1.69 bits per heavy atom. The molecule has 0 saturated carbocycles. The van der Waals surface area contributed by atoms with Gasteiger partial charge in [0.15, 0.2) is 5.60 Å². The minimum absolute atomic E-state index is 0.0559. The molecule has 4 atom stereocenters. The van der Waals surface area contributed by atoms with Gasteiger partial charge in [0.25, 0.3) is 11.6 Å². The second-order valence-electron chi connectivity index (χ2n) is 16.6. The van der Waals surface area contributed by atoms with Crippen LogP contribution in [0.15, 0.2) is 97.1 Å². The maximum atomic E-state index is 15.4. The number of carbonyl (C=O) groups is 3. The van der Waals surface area contributed by atoms with Gasteiger partial charge in [-0.25, -0.2) is 0 Å². The number of non-ortho nitro benzene ring substituents is 1. The lowest BCUT2D eigenvalue weighted by Gasteiger charge is -2.37. The molecule has 0 radical (unpaired) electrons. The molecule has 1 spiro atoms. The zero-order valence-electron chi connectivity index (χ0n) is 34.3. The normalized spacial score (nSPS) is 21.9. The van der Waals surface area contributed by atoms with Crippen LogP contribution in [-0.2, 0) is 37.8 Å². The Labute approximate surface area is 346 Å². The third kappa shape index (κ3) is 8.15. The number of carbonyl (C=O) groups excluding carboxylic acids is 3. The lowest BCUT2D eigenvalue weighted by atomic mass is 9.82. The molecule has 12 nitrogen and oxygen atoms in total. The molecule has 3 amide bonds. The van der Waals surface area contributed by atoms with Crippen LogP contribution in [-0.4, -0.2) is 73.6 Å². The van der Waals surface area contributed by atoms with Crippen LogP contribution in [0.4, 0.5) is 17.1 Å². The molecule has 2 saturated heterocycles. The molecule has 3 aliphatic rings. The fourth-order valence-electron chi connectivity index (χ4n) is 9.73. The monoisotopic (exact) mass is 818 g/mol. The van der Waals surface area contributed by atoms with Crippen molar-refractivity contribution in [1.82, 2.24) is 4.90 Å². The summed E-state index contributed by atoms with van der Waals surface area (Å²) in [4.78, 5) is 60.0. The average Bonchev–Trinajstić information content (AvgIpc) is 3.65. The number of amides is 3. The van der Waals surface area contributed by atoms with Crippen LogP contribution in [0.2, 0.25) is 18.6 Å². The van der Waals surface area contributed by atoms with E-state index in [4.69, 9.17) is 9.47 Å². The van der Waals surface area contributed by atoms with Gasteiger partial charge < -0.3 is 29.3 Å². The number of benzene rings is 4. The molecule has 3 aliphatic heterocycles. The highest BCUT2D eigenvalue weighted by atomic mass is 28.3. The topological polar surface area (TPSA) is 143 Å². The first-order valence-corrected chi connectivity index (χ1v) is 23.7. The van der Waals surface area contributed by atoms with E-state index in [-0.39, 0.29) is 55.1 Å². The number of fused-ring (bicyclic) bond motifs is 2. The molecule has 3 heterocycles. The van der Waals surface area contributed by atoms with Gasteiger partial charge in [0.1, 0.15) is 5.75 Å². The van der Waals surface area contributed by atoms with Gasteiger partial charge in [0.2, 0.25) is 11.8 Å². The first-order chi connectivity index (χ1) is 28.4. The molecule has 7 rings (SSSR count). The number of methoxy groups -OCH3 is 1. The summed E-state index contributed by atoms with van der Waals surface area (Å²) in [6.45, 7) is 7.38. The van der Waals surface area contributed by atoms with E-state index in [1.165, 1.54) is 12.1 Å². The molecule has 0 aliphatic carbocycles. The van der Waals surface area contributed by atoms with Crippen molar-refractivity contribution in [2.75, 3.05) is 36.6 Å². The van der Waals surface area contributed by atoms with E-state index in [9.17, 15) is 24.8 Å². The number of hydrogen-bond acceptors (Lipinski definition) is 8. The molecule has 0 bridgehead atoms. The Bertz CT molecular complexity index is 2180. The van der Waals surface area contributed by atoms with E-state index in [1.54, 1.807) is 23.0 Å². The predicted molar refractivity (Wildman–Crippen MR) is 229 cm³/mol. The van der Waals surface area contributed by atoms with Gasteiger partial charge in [0, 0.05) is 55.4 Å². The van der Waals surface area contributed by atoms with Gasteiger partial charge in [-0.15, -0.1) is 0 Å². The first-order valence-electron chi connectivity index (χ1n) is 20.6. The third-order valence-electron chi connectivity index (χ3n) is 12.7. The summed E-state index contributed by atoms with van der Waals surface area (Å²) in [6.07, 6.45) is 3.57. The Kier molecular flexibility index (Phi) is 12.4. The lowest BCUT2D eigenvalue weighted by Crippen LogP contribution is -2.52. The quantitative estimate of drug-likeness (QED) is 0.0858. The second-order valence-corrected chi connectivity index (χ2v) is 21.3. The highest BCUT2D eigenvalue weighted by Crippen LogP contribution is 2.60. The smallest absolute Gasteiger partial charge is 0.269 e. The number of nitro benzene ring substituents is 1. The van der Waals surface area contributed by atoms with Gasteiger partial charge in [-0.3, -0.25) is 24.5 Å². The molecule has 2 fully saturated rings. The van der Waals surface area contributed by atoms with Crippen LogP contribution in [0.3, 0.4) is 0 Å². The molecule has 0 unspecified atom stereocenters. The number of ether oxygens (including phenoxy) is 2. The first kappa shape index (κ1) is 41.8. The van der Waals surface area contributed by atoms with E-state index in [0.717, 1.165) is 47.7 Å². The van der Waals surface area contributed by atoms with Gasteiger partial charge in [-0.2, -0.15) is 0 Å². The number of nitrogens with zero attached hydrogens (tertiary/aromatic N) is 4. The van der Waals surface area contributed by atoms with Crippen LogP contribution in [0.25, 0.3) is 0 Å². The van der Waals surface area contributed by atoms with Crippen molar-refractivity contribution in [3.8, 4) is 5.75 Å². The highest BCUT2D eigenvalue weighted by molar-refractivity contribution is 6.91. The van der Waals surface area contributed by atoms with Gasteiger partial charge in [0.05, 0.1) is 51.5 Å². The third-order valence-corrected chi connectivity index (χ3v) is 17.1. The molecule has 1 N–H and O–H groups in total. The standard InChI is InChI=1S/C46H54N4O8Si/c1-32-44(59(3,4)38-21-19-37(57-2)20-22-38)41(29-43(53)47(25-26-51)30-33-13-8-7-9-14-33)58-46(32)39-28-36(50(55)56)18-23-40(39)49(45(46)54)31-34-15-12-16-35(27-34)48-24-11-6-5-10-17-42(48)52/h7-9,12-16,18-23,27-28,32,41,44,51H,5-6,10-11,17,24-26,29-31H2,1-4H3/t32-,41+,44-,46+/m0/s1. The number of hydrogen-bond donors (Lipinski definition) is 1. The molecular formula is C46H54N4O8Si. The summed E-state index contributed by atoms with van der Waals surface area (Å²) in [7, 11) is -1.05. The zero-order valence-corrected chi connectivity index (χ0v) is 35.3. The Morgan fingerprint density at radius 1 is 0.966 bits per heavy atom. The SMILES string of the molecule is COc1ccc([Si](C)(C)[C@@H]2[C@@H](CC(=O)N(CCO)Cc3ccccc3)O[C@]3(C(=O)N(Cc4cccc(N5CCCCCCC5=O)c4)c4ccc([N+](=O)[O-])cc43)[C@H]2C)cc1. The number of rotatable bonds is 13. The van der Waals surface area contributed by atoms with Crippen molar-refractivity contribution in [1.29, 1.82) is 0 Å². The van der Waals surface area contributed by atoms with Crippen molar-refractivity contribution in [2.24, 2.45) is 5.92 Å². The van der Waals surface area contributed by atoms with Crippen LogP contribution in [0, 0.1) is 16.0 Å². The molecular weight excluding hydrogens is 765 g/mol. The fourth-order valence-corrected chi connectivity index (χ4v) is 13.7. The van der Waals surface area contributed by atoms with E-state index in [1.807, 2.05) is 90.7 Å². The summed E-state index contributed by atoms with van der Waals surface area (Å²) >= 11 is 0. The van der Waals surface area contributed by atoms with E-state index in [0.29, 0.717) is 36.5 Å². The largest absolute Gasteiger partial charge is 0.497 e. The van der Waals surface area contributed by atoms with E-state index < -0.39 is 30.6 Å². The van der Waals surface area contributed by atoms with Crippen LogP contribution < -0.4 is 19.7 Å². The summed E-state index contributed by atoms with van der Waals surface area (Å²) in [5.74, 6) is -0.281. The van der Waals surface area contributed by atoms with Crippen LogP contribution in [0.5, 0.6) is 5.75 Å². The van der Waals surface area contributed by atoms with E-state index >= 15 is 4.79 Å². The Balaban J connectivity index is 1.29. The van der Waals surface area contributed by atoms with E-state index in [2.05, 4.69) is 13.1 Å². The highest BCUT2D eigenvalue weighted by Gasteiger charge is 2.66. The zero-order chi connectivity index (χ0) is 41.9. The Morgan fingerprint density at radius 3 is 2.41 bits per heavy atom. The van der Waals surface area contributed by atoms with Gasteiger partial charge >= 0.3 is 0 Å². The summed E-state index contributed by atoms with van der Waals surface area (Å²) in [6, 6.07) is 29.7. The number of aliphatic hydroxyl groups excluding tert-OH is 1. The number of aliphatic hydroxyl groups is 1. The fraction of sp³-hybridized carbons (Fsp3) is 0.413. The lowest BCUT2D eigenvalue weighted by molar-refractivity contribution is -0.385. The molecule has 4 aromatic rings. The second kappa shape index (κ2) is 17.5. The summed E-state index contributed by atoms with van der Waals surface area (Å²) in [5, 5.41) is 23.4. The van der Waals surface area contributed by atoms with Gasteiger partial charge in [-0.05, 0) is 59.8 Å². The van der Waals surface area contributed by atoms with Crippen LogP contribution >= 0.6 is 0 Å². The molecule has 4 aromatic carbocycles. The van der Waals surface area contributed by atoms with Crippen molar-refractivity contribution >= 4 is 48.0 Å². The molecule has 310 valence electrons. The summed E-state index contributed by atoms with van der Waals surface area (Å²) in [5.41, 5.74) is 1.32. The van der Waals surface area contributed by atoms with Crippen molar-refractivity contribution in [3.05, 3.63) is 124 Å². The maximum Gasteiger partial charge on any atom is 0.269 e. The van der Waals surface area contributed by atoms with Crippen molar-refractivity contribution in [3.63, 3.8) is 0 Å². The molecule has 59 heavy (non-hydrogen) atoms. The molecule has 13 heteroatoms. The predicted octanol–water partition coefficient (Wildman–Crippen LogP) is 7.07. The van der Waals surface area contributed by atoms with Crippen molar-refractivity contribution < 1.29 is 33.9 Å². The van der Waals surface area contributed by atoms with Crippen molar-refractivity contribution in [2.45, 2.75) is 88.9 Å². The number of nitro groups is 1. The minimum Gasteiger partial charge on any atom is -0.497 e. The summed E-state index contributed by atoms with van der Waals surface area (Å²) < 4.78 is 12.6. The molecule has 0 aromatic heterocycles. The van der Waals surface area contributed by atoms with Crippen LogP contribution in [0.1, 0.15) is 62.1 Å². The van der Waals surface area contributed by atoms with Gasteiger partial charge in [-0.1, -0.05) is 92.6 Å². The average molecular weight is 819 g/mol. The number of anilines is 2. The minimum atomic E-state index is -2.66. The maximum absolute atomic E-state index is 15.4. The Hall–Kier alpha value is -5.37.